The van der Waals surface area contributed by atoms with Gasteiger partial charge < -0.3 is 10.6 Å². The monoisotopic (exact) mass is 312 g/mol. The Bertz CT molecular complexity index is 697. The summed E-state index contributed by atoms with van der Waals surface area (Å²) in [5, 5.41) is 5.48. The third-order valence-electron chi connectivity index (χ3n) is 3.69. The summed E-state index contributed by atoms with van der Waals surface area (Å²) in [5.41, 5.74) is 2.60. The van der Waals surface area contributed by atoms with Crippen LogP contribution < -0.4 is 10.6 Å². The zero-order valence-electron chi connectivity index (χ0n) is 13.3. The molecule has 0 saturated carbocycles. The van der Waals surface area contributed by atoms with Gasteiger partial charge in [0.25, 0.3) is 0 Å². The summed E-state index contributed by atoms with van der Waals surface area (Å²) in [4.78, 5) is 12.0. The van der Waals surface area contributed by atoms with Gasteiger partial charge in [-0.15, -0.1) is 0 Å². The Morgan fingerprint density at radius 2 is 2.00 bits per heavy atom. The topological polar surface area (TPSA) is 41.1 Å². The minimum Gasteiger partial charge on any atom is -0.314 e. The molecule has 0 aliphatic rings. The summed E-state index contributed by atoms with van der Waals surface area (Å²) >= 11 is 0. The van der Waals surface area contributed by atoms with Crippen LogP contribution in [-0.2, 0) is 0 Å². The molecule has 0 saturated heterocycles. The predicted molar refractivity (Wildman–Crippen MR) is 92.7 cm³/mol. The van der Waals surface area contributed by atoms with E-state index in [4.69, 9.17) is 0 Å². The van der Waals surface area contributed by atoms with Crippen molar-refractivity contribution in [3.05, 3.63) is 71.7 Å². The molecule has 0 aliphatic carbocycles. The number of para-hydroxylation sites is 1. The first-order valence-corrected chi connectivity index (χ1v) is 7.68. The molecule has 2 rings (SSSR count). The minimum absolute atomic E-state index is 0.306. The molecule has 23 heavy (non-hydrogen) atoms. The molecular formula is C19H21FN2O. The van der Waals surface area contributed by atoms with E-state index in [2.05, 4.69) is 24.5 Å². The summed E-state index contributed by atoms with van der Waals surface area (Å²) in [6.45, 7) is 4.24. The zero-order chi connectivity index (χ0) is 16.7. The molecule has 2 N–H and O–H groups in total. The molecule has 4 heteroatoms. The minimum atomic E-state index is -0.326. The van der Waals surface area contributed by atoms with Crippen LogP contribution >= 0.6 is 0 Å². The maximum Gasteiger partial charge on any atom is 0.323 e. The van der Waals surface area contributed by atoms with E-state index in [-0.39, 0.29) is 11.8 Å². The number of hydrogen-bond acceptors (Lipinski definition) is 1. The number of urea groups is 1. The Morgan fingerprint density at radius 1 is 1.22 bits per heavy atom. The first-order valence-electron chi connectivity index (χ1n) is 7.68. The lowest BCUT2D eigenvalue weighted by Crippen LogP contribution is -2.24. The van der Waals surface area contributed by atoms with Gasteiger partial charge in [-0.2, -0.15) is 0 Å². The van der Waals surface area contributed by atoms with E-state index in [0.717, 1.165) is 17.7 Å². The number of carbonyl (C=O) groups is 1. The van der Waals surface area contributed by atoms with Crippen molar-refractivity contribution in [2.24, 2.45) is 0 Å². The maximum absolute atomic E-state index is 13.1. The van der Waals surface area contributed by atoms with E-state index >= 15 is 0 Å². The number of amides is 2. The van der Waals surface area contributed by atoms with Crippen LogP contribution in [0, 0.1) is 5.82 Å². The molecule has 2 aromatic carbocycles. The molecular weight excluding hydrogens is 291 g/mol. The number of carbonyl (C=O) groups excluding carboxylic acids is 1. The fourth-order valence-electron chi connectivity index (χ4n) is 2.24. The normalized spacial score (nSPS) is 12.1. The van der Waals surface area contributed by atoms with Gasteiger partial charge >= 0.3 is 6.03 Å². The second-order valence-electron chi connectivity index (χ2n) is 5.38. The third kappa shape index (κ3) is 4.95. The van der Waals surface area contributed by atoms with E-state index in [9.17, 15) is 9.18 Å². The van der Waals surface area contributed by atoms with Crippen LogP contribution in [-0.4, -0.2) is 6.03 Å². The molecule has 0 aromatic heterocycles. The van der Waals surface area contributed by atoms with Crippen LogP contribution in [0.3, 0.4) is 0 Å². The van der Waals surface area contributed by atoms with Crippen molar-refractivity contribution in [2.45, 2.75) is 26.2 Å². The number of nitrogens with one attached hydrogen (secondary N) is 2. The fourth-order valence-corrected chi connectivity index (χ4v) is 2.24. The Morgan fingerprint density at radius 3 is 2.74 bits per heavy atom. The SMILES string of the molecule is CCC(C)c1ccccc1NC(=O)N/C=C/c1cccc(F)c1. The molecule has 3 nitrogen and oxygen atoms in total. The van der Waals surface area contributed by atoms with Crippen molar-refractivity contribution < 1.29 is 9.18 Å². The van der Waals surface area contributed by atoms with Crippen molar-refractivity contribution in [1.29, 1.82) is 0 Å². The van der Waals surface area contributed by atoms with Gasteiger partial charge in [0.15, 0.2) is 0 Å². The summed E-state index contributed by atoms with van der Waals surface area (Å²) in [5.74, 6) is 0.0634. The molecule has 0 heterocycles. The summed E-state index contributed by atoms with van der Waals surface area (Å²) in [6.07, 6.45) is 4.14. The van der Waals surface area contributed by atoms with Gasteiger partial charge in [0, 0.05) is 11.9 Å². The van der Waals surface area contributed by atoms with Gasteiger partial charge in [-0.3, -0.25) is 0 Å². The Balaban J connectivity index is 1.98. The number of benzene rings is 2. The van der Waals surface area contributed by atoms with Crippen LogP contribution in [0.25, 0.3) is 6.08 Å². The van der Waals surface area contributed by atoms with Gasteiger partial charge in [-0.05, 0) is 47.7 Å². The molecule has 0 fully saturated rings. The highest BCUT2D eigenvalue weighted by atomic mass is 19.1. The molecule has 2 amide bonds. The summed E-state index contributed by atoms with van der Waals surface area (Å²) in [6, 6.07) is 13.6. The van der Waals surface area contributed by atoms with Crippen molar-refractivity contribution in [1.82, 2.24) is 5.32 Å². The Kier molecular flexibility index (Phi) is 5.92. The molecule has 1 unspecified atom stereocenters. The summed E-state index contributed by atoms with van der Waals surface area (Å²) < 4.78 is 13.1. The van der Waals surface area contributed by atoms with E-state index < -0.39 is 0 Å². The highest BCUT2D eigenvalue weighted by Gasteiger charge is 2.10. The highest BCUT2D eigenvalue weighted by molar-refractivity contribution is 5.91. The zero-order valence-corrected chi connectivity index (χ0v) is 13.3. The smallest absolute Gasteiger partial charge is 0.314 e. The van der Waals surface area contributed by atoms with Gasteiger partial charge in [-0.1, -0.05) is 44.2 Å². The van der Waals surface area contributed by atoms with Crippen LogP contribution in [0.5, 0.6) is 0 Å². The van der Waals surface area contributed by atoms with Gasteiger partial charge in [-0.25, -0.2) is 9.18 Å². The van der Waals surface area contributed by atoms with Crippen molar-refractivity contribution in [3.63, 3.8) is 0 Å². The lowest BCUT2D eigenvalue weighted by molar-refractivity contribution is 0.255. The number of halogens is 1. The van der Waals surface area contributed by atoms with Gasteiger partial charge in [0.2, 0.25) is 0 Å². The van der Waals surface area contributed by atoms with Gasteiger partial charge in [0.1, 0.15) is 5.82 Å². The largest absolute Gasteiger partial charge is 0.323 e. The standard InChI is InChI=1S/C19H21FN2O/c1-3-14(2)17-9-4-5-10-18(17)22-19(23)21-12-11-15-7-6-8-16(20)13-15/h4-14H,3H2,1-2H3,(H2,21,22,23)/b12-11+. The maximum atomic E-state index is 13.1. The Hall–Kier alpha value is -2.62. The van der Waals surface area contributed by atoms with Crippen LogP contribution in [0.15, 0.2) is 54.7 Å². The average molecular weight is 312 g/mol. The molecule has 0 bridgehead atoms. The lowest BCUT2D eigenvalue weighted by Gasteiger charge is -2.15. The lowest BCUT2D eigenvalue weighted by atomic mass is 9.97. The van der Waals surface area contributed by atoms with Crippen molar-refractivity contribution in [2.75, 3.05) is 5.32 Å². The van der Waals surface area contributed by atoms with Crippen LogP contribution in [0.1, 0.15) is 37.3 Å². The highest BCUT2D eigenvalue weighted by Crippen LogP contribution is 2.26. The van der Waals surface area contributed by atoms with Gasteiger partial charge in [0.05, 0.1) is 0 Å². The number of anilines is 1. The molecule has 2 aromatic rings. The molecule has 0 radical (unpaired) electrons. The van der Waals surface area contributed by atoms with Crippen molar-refractivity contribution in [3.8, 4) is 0 Å². The molecule has 120 valence electrons. The van der Waals surface area contributed by atoms with E-state index in [1.807, 2.05) is 24.3 Å². The molecule has 1 atom stereocenters. The second-order valence-corrected chi connectivity index (χ2v) is 5.38. The number of rotatable bonds is 5. The average Bonchev–Trinajstić information content (AvgIpc) is 2.55. The number of hydrogen-bond donors (Lipinski definition) is 2. The van der Waals surface area contributed by atoms with Crippen molar-refractivity contribution >= 4 is 17.8 Å². The molecule has 0 spiro atoms. The summed E-state index contributed by atoms with van der Waals surface area (Å²) in [7, 11) is 0. The van der Waals surface area contributed by atoms with E-state index in [0.29, 0.717) is 11.5 Å². The van der Waals surface area contributed by atoms with Crippen LogP contribution in [0.2, 0.25) is 0 Å². The first kappa shape index (κ1) is 16.7. The van der Waals surface area contributed by atoms with E-state index in [1.165, 1.54) is 18.3 Å². The second kappa shape index (κ2) is 8.13. The van der Waals surface area contributed by atoms with E-state index in [1.54, 1.807) is 18.2 Å². The molecule has 0 aliphatic heterocycles. The quantitative estimate of drug-likeness (QED) is 0.789. The Labute approximate surface area is 136 Å². The predicted octanol–water partition coefficient (Wildman–Crippen LogP) is 5.13. The van der Waals surface area contributed by atoms with Crippen LogP contribution in [0.4, 0.5) is 14.9 Å². The fraction of sp³-hybridized carbons (Fsp3) is 0.211. The third-order valence-corrected chi connectivity index (χ3v) is 3.69. The first-order chi connectivity index (χ1) is 11.1.